The molecule has 0 aromatic rings. The van der Waals surface area contributed by atoms with E-state index in [-0.39, 0.29) is 17.9 Å². The zero-order valence-electron chi connectivity index (χ0n) is 14.0. The van der Waals surface area contributed by atoms with Crippen LogP contribution in [0.5, 0.6) is 0 Å². The van der Waals surface area contributed by atoms with E-state index in [2.05, 4.69) is 0 Å². The Labute approximate surface area is 134 Å². The van der Waals surface area contributed by atoms with Gasteiger partial charge in [-0.2, -0.15) is 17.0 Å². The molecule has 0 aromatic heterocycles. The molecular formula is C15H29N3O3S. The second kappa shape index (κ2) is 7.27. The summed E-state index contributed by atoms with van der Waals surface area (Å²) in [4.78, 5) is 14.4. The van der Waals surface area contributed by atoms with Crippen molar-refractivity contribution in [2.45, 2.75) is 52.0 Å². The fraction of sp³-hybridized carbons (Fsp3) is 0.933. The van der Waals surface area contributed by atoms with Crippen LogP contribution in [0.15, 0.2) is 0 Å². The summed E-state index contributed by atoms with van der Waals surface area (Å²) >= 11 is 0. The van der Waals surface area contributed by atoms with Crippen LogP contribution >= 0.6 is 0 Å². The quantitative estimate of drug-likeness (QED) is 0.780. The fourth-order valence-corrected chi connectivity index (χ4v) is 4.72. The van der Waals surface area contributed by atoms with Crippen LogP contribution in [-0.4, -0.2) is 67.1 Å². The average Bonchev–Trinajstić information content (AvgIpc) is 2.54. The normalized spacial score (nSPS) is 22.5. The van der Waals surface area contributed by atoms with Gasteiger partial charge in [0.2, 0.25) is 5.91 Å². The molecule has 0 N–H and O–H groups in total. The van der Waals surface area contributed by atoms with Gasteiger partial charge in [-0.15, -0.1) is 0 Å². The van der Waals surface area contributed by atoms with Crippen LogP contribution in [0.1, 0.15) is 46.0 Å². The van der Waals surface area contributed by atoms with Gasteiger partial charge >= 0.3 is 0 Å². The molecule has 2 rings (SSSR count). The second-order valence-electron chi connectivity index (χ2n) is 6.68. The summed E-state index contributed by atoms with van der Waals surface area (Å²) in [6.45, 7) is 5.55. The summed E-state index contributed by atoms with van der Waals surface area (Å²) in [5.74, 6) is 0.393. The largest absolute Gasteiger partial charge is 0.340 e. The highest BCUT2D eigenvalue weighted by Gasteiger charge is 2.34. The molecule has 2 fully saturated rings. The van der Waals surface area contributed by atoms with Crippen LogP contribution in [0.25, 0.3) is 0 Å². The number of hydrogen-bond donors (Lipinski definition) is 0. The van der Waals surface area contributed by atoms with Crippen molar-refractivity contribution in [1.29, 1.82) is 0 Å². The van der Waals surface area contributed by atoms with E-state index < -0.39 is 10.2 Å². The lowest BCUT2D eigenvalue weighted by atomic mass is 9.88. The lowest BCUT2D eigenvalue weighted by molar-refractivity contribution is -0.137. The molecule has 1 saturated carbocycles. The predicted octanol–water partition coefficient (Wildman–Crippen LogP) is 1.30. The first-order chi connectivity index (χ1) is 10.3. The highest BCUT2D eigenvalue weighted by Crippen LogP contribution is 2.26. The molecule has 1 aliphatic carbocycles. The topological polar surface area (TPSA) is 60.9 Å². The van der Waals surface area contributed by atoms with Crippen molar-refractivity contribution >= 4 is 16.1 Å². The minimum absolute atomic E-state index is 0.0631. The third kappa shape index (κ3) is 3.81. The van der Waals surface area contributed by atoms with Crippen molar-refractivity contribution in [1.82, 2.24) is 13.5 Å². The van der Waals surface area contributed by atoms with E-state index in [1.54, 1.807) is 7.05 Å². The average molecular weight is 331 g/mol. The maximum atomic E-state index is 12.5. The minimum Gasteiger partial charge on any atom is -0.340 e. The molecule has 0 atom stereocenters. The van der Waals surface area contributed by atoms with Crippen LogP contribution in [0.4, 0.5) is 0 Å². The Balaban J connectivity index is 1.91. The third-order valence-corrected chi connectivity index (χ3v) is 7.09. The molecule has 0 radical (unpaired) electrons. The molecule has 0 unspecified atom stereocenters. The Morgan fingerprint density at radius 3 is 2.09 bits per heavy atom. The highest BCUT2D eigenvalue weighted by molar-refractivity contribution is 7.86. The number of piperazine rings is 1. The summed E-state index contributed by atoms with van der Waals surface area (Å²) in [6.07, 6.45) is 5.51. The number of nitrogens with zero attached hydrogens (tertiary/aromatic N) is 3. The van der Waals surface area contributed by atoms with Gasteiger partial charge in [0.15, 0.2) is 0 Å². The van der Waals surface area contributed by atoms with Gasteiger partial charge in [-0.05, 0) is 26.7 Å². The number of rotatable bonds is 4. The van der Waals surface area contributed by atoms with Gasteiger partial charge in [-0.1, -0.05) is 19.3 Å². The summed E-state index contributed by atoms with van der Waals surface area (Å²) in [7, 11) is -1.80. The van der Waals surface area contributed by atoms with Gasteiger partial charge in [0.05, 0.1) is 0 Å². The van der Waals surface area contributed by atoms with Gasteiger partial charge < -0.3 is 4.90 Å². The fourth-order valence-electron chi connectivity index (χ4n) is 3.20. The SMILES string of the molecule is CC(C)N(C)S(=O)(=O)N1CCN(C(=O)C2CCCCC2)CC1. The zero-order valence-corrected chi connectivity index (χ0v) is 14.8. The molecule has 0 bridgehead atoms. The van der Waals surface area contributed by atoms with E-state index in [0.29, 0.717) is 26.2 Å². The Kier molecular flexibility index (Phi) is 5.85. The monoisotopic (exact) mass is 331 g/mol. The summed E-state index contributed by atoms with van der Waals surface area (Å²) < 4.78 is 27.8. The zero-order chi connectivity index (χ0) is 16.3. The summed E-state index contributed by atoms with van der Waals surface area (Å²) in [6, 6.07) is -0.0631. The lowest BCUT2D eigenvalue weighted by Crippen LogP contribution is -2.55. The van der Waals surface area contributed by atoms with Crippen LogP contribution in [0, 0.1) is 5.92 Å². The number of amides is 1. The Morgan fingerprint density at radius 1 is 1.05 bits per heavy atom. The van der Waals surface area contributed by atoms with Crippen molar-refractivity contribution in [2.75, 3.05) is 33.2 Å². The van der Waals surface area contributed by atoms with Crippen molar-refractivity contribution < 1.29 is 13.2 Å². The third-order valence-electron chi connectivity index (χ3n) is 4.92. The van der Waals surface area contributed by atoms with Gasteiger partial charge in [0, 0.05) is 45.2 Å². The molecule has 128 valence electrons. The van der Waals surface area contributed by atoms with E-state index in [1.165, 1.54) is 15.0 Å². The van der Waals surface area contributed by atoms with Gasteiger partial charge in [0.1, 0.15) is 0 Å². The van der Waals surface area contributed by atoms with Gasteiger partial charge in [-0.25, -0.2) is 0 Å². The van der Waals surface area contributed by atoms with Crippen molar-refractivity contribution in [2.24, 2.45) is 5.92 Å². The van der Waals surface area contributed by atoms with Crippen LogP contribution in [0.3, 0.4) is 0 Å². The van der Waals surface area contributed by atoms with Gasteiger partial charge in [-0.3, -0.25) is 4.79 Å². The second-order valence-corrected chi connectivity index (χ2v) is 8.67. The maximum absolute atomic E-state index is 12.5. The number of hydrogen-bond acceptors (Lipinski definition) is 3. The molecule has 1 amide bonds. The molecule has 0 spiro atoms. The molecule has 22 heavy (non-hydrogen) atoms. The van der Waals surface area contributed by atoms with Crippen molar-refractivity contribution in [3.05, 3.63) is 0 Å². The van der Waals surface area contributed by atoms with E-state index in [1.807, 2.05) is 18.7 Å². The Morgan fingerprint density at radius 2 is 1.59 bits per heavy atom. The van der Waals surface area contributed by atoms with Crippen LogP contribution in [0.2, 0.25) is 0 Å². The Bertz CT molecular complexity index is 478. The predicted molar refractivity (Wildman–Crippen MR) is 86.5 cm³/mol. The number of carbonyl (C=O) groups excluding carboxylic acids is 1. The molecule has 2 aliphatic rings. The molecule has 0 aromatic carbocycles. The smallest absolute Gasteiger partial charge is 0.282 e. The van der Waals surface area contributed by atoms with Crippen LogP contribution in [-0.2, 0) is 15.0 Å². The first-order valence-electron chi connectivity index (χ1n) is 8.36. The first-order valence-corrected chi connectivity index (χ1v) is 9.75. The van der Waals surface area contributed by atoms with Gasteiger partial charge in [0.25, 0.3) is 10.2 Å². The van der Waals surface area contributed by atoms with Crippen LogP contribution < -0.4 is 0 Å². The van der Waals surface area contributed by atoms with E-state index in [0.717, 1.165) is 25.7 Å². The Hall–Kier alpha value is -0.660. The number of carbonyl (C=O) groups is 1. The molecule has 7 heteroatoms. The molecule has 1 heterocycles. The molecule has 6 nitrogen and oxygen atoms in total. The minimum atomic E-state index is -3.41. The van der Waals surface area contributed by atoms with E-state index in [4.69, 9.17) is 0 Å². The lowest BCUT2D eigenvalue weighted by Gasteiger charge is -2.38. The summed E-state index contributed by atoms with van der Waals surface area (Å²) in [5.41, 5.74) is 0. The first kappa shape index (κ1) is 17.7. The molecular weight excluding hydrogens is 302 g/mol. The van der Waals surface area contributed by atoms with Crippen molar-refractivity contribution in [3.63, 3.8) is 0 Å². The van der Waals surface area contributed by atoms with Crippen molar-refractivity contribution in [3.8, 4) is 0 Å². The molecule has 1 aliphatic heterocycles. The van der Waals surface area contributed by atoms with E-state index >= 15 is 0 Å². The molecule has 1 saturated heterocycles. The summed E-state index contributed by atoms with van der Waals surface area (Å²) in [5, 5.41) is 0. The maximum Gasteiger partial charge on any atom is 0.282 e. The van der Waals surface area contributed by atoms with E-state index in [9.17, 15) is 13.2 Å². The highest BCUT2D eigenvalue weighted by atomic mass is 32.2. The standard InChI is InChI=1S/C15H29N3O3S/c1-13(2)16(3)22(20,21)18-11-9-17(10-12-18)15(19)14-7-5-4-6-8-14/h13-14H,4-12H2,1-3H3.